The first-order valence-corrected chi connectivity index (χ1v) is 7.53. The second-order valence-electron chi connectivity index (χ2n) is 5.68. The zero-order chi connectivity index (χ0) is 14.9. The average molecular weight is 288 g/mol. The minimum absolute atomic E-state index is 0.00571. The van der Waals surface area contributed by atoms with E-state index in [1.54, 1.807) is 0 Å². The van der Waals surface area contributed by atoms with Crippen LogP contribution in [0.4, 0.5) is 0 Å². The van der Waals surface area contributed by atoms with Crippen molar-refractivity contribution in [3.8, 4) is 0 Å². The van der Waals surface area contributed by atoms with Crippen LogP contribution in [-0.2, 0) is 9.53 Å². The molecule has 0 saturated heterocycles. The number of benzene rings is 2. The Bertz CT molecular complexity index is 757. The normalized spacial score (nSPS) is 23.4. The number of rotatable bonds is 2. The lowest BCUT2D eigenvalue weighted by molar-refractivity contribution is -0.136. The van der Waals surface area contributed by atoms with E-state index >= 15 is 0 Å². The van der Waals surface area contributed by atoms with Crippen LogP contribution in [0.2, 0.25) is 0 Å². The van der Waals surface area contributed by atoms with Gasteiger partial charge in [-0.2, -0.15) is 0 Å². The topological polar surface area (TPSA) is 26.3 Å². The maximum Gasteiger partial charge on any atom is 0.335 e. The maximum atomic E-state index is 12.3. The number of esters is 1. The van der Waals surface area contributed by atoms with E-state index in [1.165, 1.54) is 5.56 Å². The van der Waals surface area contributed by atoms with Crippen LogP contribution in [0.3, 0.4) is 0 Å². The van der Waals surface area contributed by atoms with Crippen molar-refractivity contribution >= 4 is 5.97 Å². The minimum Gasteiger partial charge on any atom is -0.458 e. The molecule has 108 valence electrons. The molecule has 0 radical (unpaired) electrons. The van der Waals surface area contributed by atoms with Gasteiger partial charge in [0.2, 0.25) is 0 Å². The van der Waals surface area contributed by atoms with Crippen LogP contribution in [0.15, 0.2) is 84.0 Å². The van der Waals surface area contributed by atoms with Crippen molar-refractivity contribution in [3.05, 3.63) is 95.1 Å². The molecular formula is C20H16O2. The molecule has 2 atom stereocenters. The van der Waals surface area contributed by atoms with Gasteiger partial charge in [0, 0.05) is 11.8 Å². The average Bonchev–Trinajstić information content (AvgIpc) is 2.98. The van der Waals surface area contributed by atoms with E-state index in [2.05, 4.69) is 36.4 Å². The van der Waals surface area contributed by atoms with Crippen LogP contribution in [0.1, 0.15) is 23.0 Å². The molecular weight excluding hydrogens is 272 g/mol. The molecule has 22 heavy (non-hydrogen) atoms. The Labute approximate surface area is 129 Å². The van der Waals surface area contributed by atoms with Crippen LogP contribution in [0, 0.1) is 0 Å². The number of carbonyl (C=O) groups excluding carboxylic acids is 1. The number of allylic oxidation sites excluding steroid dienone is 2. The van der Waals surface area contributed by atoms with Gasteiger partial charge in [-0.1, -0.05) is 72.8 Å². The quantitative estimate of drug-likeness (QED) is 0.617. The molecule has 1 heterocycles. The molecule has 0 saturated carbocycles. The van der Waals surface area contributed by atoms with Gasteiger partial charge in [-0.15, -0.1) is 0 Å². The number of carbonyl (C=O) groups is 1. The van der Waals surface area contributed by atoms with Crippen molar-refractivity contribution in [1.29, 1.82) is 0 Å². The fourth-order valence-electron chi connectivity index (χ4n) is 3.36. The van der Waals surface area contributed by atoms with E-state index in [1.807, 2.05) is 36.4 Å². The molecule has 2 aromatic carbocycles. The standard InChI is InChI=1S/C20H16O2/c21-20-19-17(15-9-5-2-6-10-15)12-11-16(18(19)13-22-20)14-7-3-1-4-8-14/h1-12,16-17H,13H2/t16-,17+/m1/s1. The zero-order valence-electron chi connectivity index (χ0n) is 12.1. The Morgan fingerprint density at radius 3 is 1.95 bits per heavy atom. The number of ether oxygens (including phenoxy) is 1. The lowest BCUT2D eigenvalue weighted by Crippen LogP contribution is -2.14. The lowest BCUT2D eigenvalue weighted by atomic mass is 9.77. The van der Waals surface area contributed by atoms with Crippen LogP contribution < -0.4 is 0 Å². The van der Waals surface area contributed by atoms with Gasteiger partial charge >= 0.3 is 5.97 Å². The van der Waals surface area contributed by atoms with Crippen molar-refractivity contribution in [1.82, 2.24) is 0 Å². The fraction of sp³-hybridized carbons (Fsp3) is 0.150. The molecule has 0 spiro atoms. The molecule has 4 rings (SSSR count). The second-order valence-corrected chi connectivity index (χ2v) is 5.68. The van der Waals surface area contributed by atoms with Gasteiger partial charge in [0.15, 0.2) is 0 Å². The predicted octanol–water partition coefficient (Wildman–Crippen LogP) is 3.98. The Kier molecular flexibility index (Phi) is 3.15. The Balaban J connectivity index is 1.80. The summed E-state index contributed by atoms with van der Waals surface area (Å²) in [5.41, 5.74) is 4.27. The van der Waals surface area contributed by atoms with Gasteiger partial charge in [-0.25, -0.2) is 4.79 Å². The number of hydrogen-bond acceptors (Lipinski definition) is 2. The molecule has 0 unspecified atom stereocenters. The lowest BCUT2D eigenvalue weighted by Gasteiger charge is -2.24. The van der Waals surface area contributed by atoms with Crippen LogP contribution in [0.25, 0.3) is 0 Å². The fourth-order valence-corrected chi connectivity index (χ4v) is 3.36. The third-order valence-corrected chi connectivity index (χ3v) is 4.42. The molecule has 0 fully saturated rings. The van der Waals surface area contributed by atoms with Gasteiger partial charge in [0.05, 0.1) is 5.57 Å². The molecule has 0 bridgehead atoms. The first kappa shape index (κ1) is 13.1. The number of hydrogen-bond donors (Lipinski definition) is 0. The summed E-state index contributed by atoms with van der Waals surface area (Å²) in [4.78, 5) is 12.3. The van der Waals surface area contributed by atoms with Crippen molar-refractivity contribution in [2.45, 2.75) is 11.8 Å². The SMILES string of the molecule is O=C1OCC2=C1[C@H](c1ccccc1)C=C[C@@H]2c1ccccc1. The molecule has 0 aromatic heterocycles. The maximum absolute atomic E-state index is 12.3. The Hall–Kier alpha value is -2.61. The zero-order valence-corrected chi connectivity index (χ0v) is 12.1. The van der Waals surface area contributed by atoms with E-state index in [9.17, 15) is 4.79 Å². The highest BCUT2D eigenvalue weighted by atomic mass is 16.5. The minimum atomic E-state index is -0.172. The molecule has 0 N–H and O–H groups in total. The van der Waals surface area contributed by atoms with Crippen molar-refractivity contribution in [2.75, 3.05) is 6.61 Å². The van der Waals surface area contributed by atoms with Crippen LogP contribution >= 0.6 is 0 Å². The summed E-state index contributed by atoms with van der Waals surface area (Å²) in [5.74, 6) is -0.0251. The molecule has 2 aromatic rings. The van der Waals surface area contributed by atoms with Crippen molar-refractivity contribution in [2.24, 2.45) is 0 Å². The van der Waals surface area contributed by atoms with Gasteiger partial charge in [0.25, 0.3) is 0 Å². The first-order valence-electron chi connectivity index (χ1n) is 7.53. The van der Waals surface area contributed by atoms with Gasteiger partial charge in [-0.3, -0.25) is 0 Å². The number of cyclic esters (lactones) is 1. The van der Waals surface area contributed by atoms with Crippen molar-refractivity contribution in [3.63, 3.8) is 0 Å². The monoisotopic (exact) mass is 288 g/mol. The van der Waals surface area contributed by atoms with Gasteiger partial charge in [0.1, 0.15) is 6.61 Å². The summed E-state index contributed by atoms with van der Waals surface area (Å²) in [5, 5.41) is 0. The highest BCUT2D eigenvalue weighted by Crippen LogP contribution is 2.43. The van der Waals surface area contributed by atoms with Crippen molar-refractivity contribution < 1.29 is 9.53 Å². The predicted molar refractivity (Wildman–Crippen MR) is 85.5 cm³/mol. The van der Waals surface area contributed by atoms with Gasteiger partial charge in [-0.05, 0) is 16.7 Å². The molecule has 0 amide bonds. The largest absolute Gasteiger partial charge is 0.458 e. The van der Waals surface area contributed by atoms with Crippen LogP contribution in [0.5, 0.6) is 0 Å². The molecule has 2 heteroatoms. The smallest absolute Gasteiger partial charge is 0.335 e. The summed E-state index contributed by atoms with van der Waals surface area (Å²) in [6, 6.07) is 20.4. The summed E-state index contributed by atoms with van der Waals surface area (Å²) < 4.78 is 5.35. The van der Waals surface area contributed by atoms with E-state index in [0.717, 1.165) is 16.7 Å². The molecule has 2 aliphatic rings. The van der Waals surface area contributed by atoms with Crippen LogP contribution in [-0.4, -0.2) is 12.6 Å². The Morgan fingerprint density at radius 2 is 1.32 bits per heavy atom. The van der Waals surface area contributed by atoms with E-state index in [0.29, 0.717) is 6.61 Å². The third-order valence-electron chi connectivity index (χ3n) is 4.42. The molecule has 2 nitrogen and oxygen atoms in total. The summed E-state index contributed by atoms with van der Waals surface area (Å²) >= 11 is 0. The highest BCUT2D eigenvalue weighted by molar-refractivity contribution is 5.95. The highest BCUT2D eigenvalue weighted by Gasteiger charge is 2.37. The third kappa shape index (κ3) is 2.08. The Morgan fingerprint density at radius 1 is 0.773 bits per heavy atom. The second kappa shape index (κ2) is 5.30. The summed E-state index contributed by atoms with van der Waals surface area (Å²) in [7, 11) is 0. The summed E-state index contributed by atoms with van der Waals surface area (Å²) in [6.45, 7) is 0.404. The molecule has 1 aliphatic carbocycles. The summed E-state index contributed by atoms with van der Waals surface area (Å²) in [6.07, 6.45) is 4.34. The van der Waals surface area contributed by atoms with E-state index in [4.69, 9.17) is 4.74 Å². The van der Waals surface area contributed by atoms with Gasteiger partial charge < -0.3 is 4.74 Å². The molecule has 1 aliphatic heterocycles. The first-order chi connectivity index (χ1) is 10.8. The van der Waals surface area contributed by atoms with E-state index in [-0.39, 0.29) is 17.8 Å². The van der Waals surface area contributed by atoms with E-state index < -0.39 is 0 Å².